The lowest BCUT2D eigenvalue weighted by Gasteiger charge is -2.27. The molecule has 0 amide bonds. The molecule has 1 N–H and O–H groups in total. The monoisotopic (exact) mass is 249 g/mol. The molecular weight excluding hydrogens is 226 g/mol. The Kier molecular flexibility index (Phi) is 4.76. The molecule has 3 nitrogen and oxygen atoms in total. The molecule has 0 aromatic heterocycles. The predicted molar refractivity (Wildman–Crippen MR) is 74.9 cm³/mol. The van der Waals surface area contributed by atoms with Crippen molar-refractivity contribution in [3.8, 4) is 0 Å². The highest BCUT2D eigenvalue weighted by Crippen LogP contribution is 2.25. The first-order chi connectivity index (χ1) is 8.34. The second-order valence-electron chi connectivity index (χ2n) is 5.72. The van der Waals surface area contributed by atoms with Gasteiger partial charge in [-0.1, -0.05) is 33.8 Å². The van der Waals surface area contributed by atoms with Crippen LogP contribution >= 0.6 is 0 Å². The molecule has 0 radical (unpaired) electrons. The Morgan fingerprint density at radius 1 is 1.39 bits per heavy atom. The van der Waals surface area contributed by atoms with Crippen LogP contribution in [0.15, 0.2) is 24.3 Å². The fourth-order valence-electron chi connectivity index (χ4n) is 1.45. The van der Waals surface area contributed by atoms with Gasteiger partial charge in [0.05, 0.1) is 12.7 Å². The minimum atomic E-state index is -0.303. The minimum absolute atomic E-state index is 0.271. The van der Waals surface area contributed by atoms with Crippen molar-refractivity contribution >= 4 is 11.7 Å². The Morgan fingerprint density at radius 2 is 2.06 bits per heavy atom. The van der Waals surface area contributed by atoms with Gasteiger partial charge in [0.2, 0.25) is 0 Å². The molecular formula is C15H23NO2. The molecule has 100 valence electrons. The number of carbonyl (C=O) groups is 1. The quantitative estimate of drug-likeness (QED) is 0.829. The third kappa shape index (κ3) is 4.06. The van der Waals surface area contributed by atoms with Gasteiger partial charge in [-0.2, -0.15) is 0 Å². The molecule has 0 heterocycles. The van der Waals surface area contributed by atoms with Crippen LogP contribution in [0.3, 0.4) is 0 Å². The Labute approximate surface area is 110 Å². The molecule has 1 aromatic carbocycles. The van der Waals surface area contributed by atoms with Gasteiger partial charge in [0, 0.05) is 12.2 Å². The van der Waals surface area contributed by atoms with Crippen LogP contribution in [0.25, 0.3) is 0 Å². The number of carbonyl (C=O) groups excluding carboxylic acids is 1. The van der Waals surface area contributed by atoms with Crippen LogP contribution in [-0.2, 0) is 4.74 Å². The van der Waals surface area contributed by atoms with Crippen molar-refractivity contribution in [1.29, 1.82) is 0 Å². The van der Waals surface area contributed by atoms with E-state index >= 15 is 0 Å². The molecule has 1 rings (SSSR count). The van der Waals surface area contributed by atoms with Crippen molar-refractivity contribution in [2.24, 2.45) is 11.3 Å². The van der Waals surface area contributed by atoms with Crippen LogP contribution in [0.1, 0.15) is 38.1 Å². The summed E-state index contributed by atoms with van der Waals surface area (Å²) in [5.41, 5.74) is 1.80. The Hall–Kier alpha value is -1.51. The number of methoxy groups -OCH3 is 1. The van der Waals surface area contributed by atoms with Gasteiger partial charge in [0.1, 0.15) is 0 Å². The molecule has 1 unspecified atom stereocenters. The number of anilines is 1. The van der Waals surface area contributed by atoms with Gasteiger partial charge >= 0.3 is 5.97 Å². The molecule has 0 saturated carbocycles. The maximum atomic E-state index is 11.4. The van der Waals surface area contributed by atoms with E-state index in [0.717, 1.165) is 12.2 Å². The normalized spacial score (nSPS) is 12.9. The second kappa shape index (κ2) is 5.89. The van der Waals surface area contributed by atoms with E-state index in [1.54, 1.807) is 6.07 Å². The maximum absolute atomic E-state index is 11.4. The standard InChI is InChI=1S/C15H23NO2/c1-11(15(2,3)4)10-16-13-8-6-7-12(9-13)14(17)18-5/h6-9,11,16H,10H2,1-5H3. The molecule has 1 aromatic rings. The molecule has 0 aliphatic heterocycles. The zero-order chi connectivity index (χ0) is 13.8. The van der Waals surface area contributed by atoms with E-state index in [2.05, 4.69) is 33.0 Å². The lowest BCUT2D eigenvalue weighted by Crippen LogP contribution is -2.24. The lowest BCUT2D eigenvalue weighted by molar-refractivity contribution is 0.0601. The van der Waals surface area contributed by atoms with Crippen molar-refractivity contribution in [3.63, 3.8) is 0 Å². The van der Waals surface area contributed by atoms with Crippen LogP contribution in [0.2, 0.25) is 0 Å². The fraction of sp³-hybridized carbons (Fsp3) is 0.533. The summed E-state index contributed by atoms with van der Waals surface area (Å²) in [5, 5.41) is 3.36. The van der Waals surface area contributed by atoms with Gasteiger partial charge in [-0.05, 0) is 29.5 Å². The summed E-state index contributed by atoms with van der Waals surface area (Å²) >= 11 is 0. The Morgan fingerprint density at radius 3 is 2.61 bits per heavy atom. The molecule has 0 spiro atoms. The zero-order valence-corrected chi connectivity index (χ0v) is 11.9. The highest BCUT2D eigenvalue weighted by Gasteiger charge is 2.19. The van der Waals surface area contributed by atoms with Crippen LogP contribution in [-0.4, -0.2) is 19.6 Å². The number of rotatable bonds is 4. The van der Waals surface area contributed by atoms with Crippen molar-refractivity contribution < 1.29 is 9.53 Å². The van der Waals surface area contributed by atoms with Gasteiger partial charge in [-0.15, -0.1) is 0 Å². The number of nitrogens with one attached hydrogen (secondary N) is 1. The number of ether oxygens (including phenoxy) is 1. The van der Waals surface area contributed by atoms with Crippen LogP contribution in [0.5, 0.6) is 0 Å². The summed E-state index contributed by atoms with van der Waals surface area (Å²) in [6.45, 7) is 9.78. The van der Waals surface area contributed by atoms with Crippen LogP contribution in [0.4, 0.5) is 5.69 Å². The van der Waals surface area contributed by atoms with Crippen molar-refractivity contribution in [1.82, 2.24) is 0 Å². The molecule has 0 saturated heterocycles. The third-order valence-corrected chi connectivity index (χ3v) is 3.37. The van der Waals surface area contributed by atoms with Crippen LogP contribution < -0.4 is 5.32 Å². The third-order valence-electron chi connectivity index (χ3n) is 3.37. The van der Waals surface area contributed by atoms with E-state index in [-0.39, 0.29) is 11.4 Å². The summed E-state index contributed by atoms with van der Waals surface area (Å²) in [4.78, 5) is 11.4. The van der Waals surface area contributed by atoms with E-state index in [4.69, 9.17) is 4.74 Å². The van der Waals surface area contributed by atoms with E-state index in [0.29, 0.717) is 11.5 Å². The average molecular weight is 249 g/mol. The van der Waals surface area contributed by atoms with Crippen LogP contribution in [0, 0.1) is 11.3 Å². The first kappa shape index (κ1) is 14.6. The molecule has 0 bridgehead atoms. The SMILES string of the molecule is COC(=O)c1cccc(NCC(C)C(C)(C)C)c1. The van der Waals surface area contributed by atoms with Gasteiger partial charge in [-0.3, -0.25) is 0 Å². The second-order valence-corrected chi connectivity index (χ2v) is 5.72. The molecule has 18 heavy (non-hydrogen) atoms. The smallest absolute Gasteiger partial charge is 0.337 e. The Bertz CT molecular complexity index is 407. The highest BCUT2D eigenvalue weighted by atomic mass is 16.5. The topological polar surface area (TPSA) is 38.3 Å². The maximum Gasteiger partial charge on any atom is 0.337 e. The zero-order valence-electron chi connectivity index (χ0n) is 11.9. The van der Waals surface area contributed by atoms with Crippen molar-refractivity contribution in [2.45, 2.75) is 27.7 Å². The lowest BCUT2D eigenvalue weighted by atomic mass is 9.82. The van der Waals surface area contributed by atoms with Gasteiger partial charge < -0.3 is 10.1 Å². The fourth-order valence-corrected chi connectivity index (χ4v) is 1.45. The van der Waals surface area contributed by atoms with Crippen molar-refractivity contribution in [2.75, 3.05) is 19.0 Å². The van der Waals surface area contributed by atoms with Gasteiger partial charge in [0.15, 0.2) is 0 Å². The van der Waals surface area contributed by atoms with E-state index in [1.165, 1.54) is 7.11 Å². The molecule has 0 aliphatic carbocycles. The Balaban J connectivity index is 2.66. The largest absolute Gasteiger partial charge is 0.465 e. The number of esters is 1. The first-order valence-electron chi connectivity index (χ1n) is 6.27. The van der Waals surface area contributed by atoms with E-state index in [9.17, 15) is 4.79 Å². The molecule has 3 heteroatoms. The summed E-state index contributed by atoms with van der Waals surface area (Å²) in [7, 11) is 1.39. The number of benzene rings is 1. The molecule has 0 aliphatic rings. The van der Waals surface area contributed by atoms with Gasteiger partial charge in [0.25, 0.3) is 0 Å². The summed E-state index contributed by atoms with van der Waals surface area (Å²) < 4.78 is 4.70. The summed E-state index contributed by atoms with van der Waals surface area (Å²) in [5.74, 6) is 0.238. The molecule has 1 atom stereocenters. The highest BCUT2D eigenvalue weighted by molar-refractivity contribution is 5.90. The molecule has 0 fully saturated rings. The van der Waals surface area contributed by atoms with Crippen molar-refractivity contribution in [3.05, 3.63) is 29.8 Å². The van der Waals surface area contributed by atoms with E-state index in [1.807, 2.05) is 18.2 Å². The first-order valence-corrected chi connectivity index (χ1v) is 6.27. The van der Waals surface area contributed by atoms with Gasteiger partial charge in [-0.25, -0.2) is 4.79 Å². The number of hydrogen-bond acceptors (Lipinski definition) is 3. The predicted octanol–water partition coefficient (Wildman–Crippen LogP) is 3.57. The average Bonchev–Trinajstić information content (AvgIpc) is 2.34. The summed E-state index contributed by atoms with van der Waals surface area (Å²) in [6.07, 6.45) is 0. The summed E-state index contributed by atoms with van der Waals surface area (Å²) in [6, 6.07) is 7.39. The number of hydrogen-bond donors (Lipinski definition) is 1. The van der Waals surface area contributed by atoms with E-state index < -0.39 is 0 Å². The minimum Gasteiger partial charge on any atom is -0.465 e.